The zero-order valence-electron chi connectivity index (χ0n) is 17.1. The molecular weight excluding hydrogens is 386 g/mol. The first-order chi connectivity index (χ1) is 13.9. The number of methoxy groups -OCH3 is 1. The number of nitrogens with zero attached hydrogens (tertiary/aromatic N) is 2. The van der Waals surface area contributed by atoms with Gasteiger partial charge < -0.3 is 15.0 Å². The van der Waals surface area contributed by atoms with Crippen LogP contribution < -0.4 is 10.1 Å². The quantitative estimate of drug-likeness (QED) is 0.798. The Bertz CT molecular complexity index is 834. The van der Waals surface area contributed by atoms with Gasteiger partial charge in [-0.3, -0.25) is 9.59 Å². The molecule has 1 N–H and O–H groups in total. The van der Waals surface area contributed by atoms with Crippen molar-refractivity contribution in [1.29, 1.82) is 5.26 Å². The van der Waals surface area contributed by atoms with Crippen molar-refractivity contribution in [3.05, 3.63) is 40.4 Å². The number of piperidine rings is 1. The van der Waals surface area contributed by atoms with E-state index in [0.29, 0.717) is 10.6 Å². The SMILES string of the molecule is COc1ccc([C@H]2CC(=O)NC(SCC(=O)N3[C@H](C)CCC[C@@H]3C)=C2C#N)cc1. The summed E-state index contributed by atoms with van der Waals surface area (Å²) in [4.78, 5) is 27.1. The summed E-state index contributed by atoms with van der Waals surface area (Å²) in [5.41, 5.74) is 1.40. The van der Waals surface area contributed by atoms with Gasteiger partial charge in [0.05, 0.1) is 29.5 Å². The molecule has 2 amide bonds. The van der Waals surface area contributed by atoms with Gasteiger partial charge in [-0.25, -0.2) is 0 Å². The van der Waals surface area contributed by atoms with Gasteiger partial charge in [0.1, 0.15) is 5.75 Å². The molecule has 6 nitrogen and oxygen atoms in total. The van der Waals surface area contributed by atoms with E-state index in [1.807, 2.05) is 29.2 Å². The second-order valence-corrected chi connectivity index (χ2v) is 8.64. The standard InChI is InChI=1S/C22H27N3O3S/c1-14-5-4-6-15(2)25(14)21(27)13-29-22-19(12-23)18(11-20(26)24-22)16-7-9-17(28-3)10-8-16/h7-10,14-15,18H,4-6,11,13H2,1-3H3,(H,24,26)/t14-,15+,18-/m1/s1. The Kier molecular flexibility index (Phi) is 6.86. The van der Waals surface area contributed by atoms with Crippen molar-refractivity contribution < 1.29 is 14.3 Å². The minimum absolute atomic E-state index is 0.0558. The van der Waals surface area contributed by atoms with Crippen LogP contribution in [0.1, 0.15) is 51.0 Å². The van der Waals surface area contributed by atoms with Crippen LogP contribution >= 0.6 is 11.8 Å². The topological polar surface area (TPSA) is 82.4 Å². The molecule has 0 unspecified atom stereocenters. The number of amides is 2. The third-order valence-electron chi connectivity index (χ3n) is 5.70. The number of thioether (sulfide) groups is 1. The third-order valence-corrected chi connectivity index (χ3v) is 6.70. The monoisotopic (exact) mass is 413 g/mol. The van der Waals surface area contributed by atoms with Crippen molar-refractivity contribution in [2.75, 3.05) is 12.9 Å². The lowest BCUT2D eigenvalue weighted by atomic mass is 9.87. The number of likely N-dealkylation sites (tertiary alicyclic amines) is 1. The predicted octanol–water partition coefficient (Wildman–Crippen LogP) is 3.56. The molecule has 2 heterocycles. The molecule has 2 aliphatic rings. The van der Waals surface area contributed by atoms with Gasteiger partial charge in [-0.05, 0) is 50.8 Å². The molecule has 1 saturated heterocycles. The summed E-state index contributed by atoms with van der Waals surface area (Å²) in [5, 5.41) is 13.1. The van der Waals surface area contributed by atoms with Gasteiger partial charge in [-0.15, -0.1) is 0 Å². The maximum atomic E-state index is 12.8. The highest BCUT2D eigenvalue weighted by molar-refractivity contribution is 8.03. The van der Waals surface area contributed by atoms with Crippen molar-refractivity contribution in [2.45, 2.75) is 57.5 Å². The fourth-order valence-electron chi connectivity index (χ4n) is 4.18. The molecular formula is C22H27N3O3S. The maximum Gasteiger partial charge on any atom is 0.233 e. The van der Waals surface area contributed by atoms with E-state index in [9.17, 15) is 14.9 Å². The number of benzene rings is 1. The number of allylic oxidation sites excluding steroid dienone is 1. The van der Waals surface area contributed by atoms with E-state index in [1.54, 1.807) is 7.11 Å². The van der Waals surface area contributed by atoms with Crippen LogP contribution in [0.3, 0.4) is 0 Å². The first kappa shape index (κ1) is 21.3. The Labute approximate surface area is 176 Å². The molecule has 0 saturated carbocycles. The zero-order valence-corrected chi connectivity index (χ0v) is 17.9. The Balaban J connectivity index is 1.78. The van der Waals surface area contributed by atoms with Crippen LogP contribution in [-0.4, -0.2) is 41.7 Å². The minimum atomic E-state index is -0.315. The van der Waals surface area contributed by atoms with Gasteiger partial charge in [0.15, 0.2) is 0 Å². The van der Waals surface area contributed by atoms with Crippen molar-refractivity contribution in [1.82, 2.24) is 10.2 Å². The summed E-state index contributed by atoms with van der Waals surface area (Å²) in [7, 11) is 1.60. The van der Waals surface area contributed by atoms with Crippen LogP contribution in [0.5, 0.6) is 5.75 Å². The summed E-state index contributed by atoms with van der Waals surface area (Å²) in [5.74, 6) is 0.538. The highest BCUT2D eigenvalue weighted by atomic mass is 32.2. The van der Waals surface area contributed by atoms with E-state index in [2.05, 4.69) is 25.2 Å². The van der Waals surface area contributed by atoms with Gasteiger partial charge in [0.25, 0.3) is 0 Å². The molecule has 1 fully saturated rings. The van der Waals surface area contributed by atoms with Crippen LogP contribution in [0.2, 0.25) is 0 Å². The van der Waals surface area contributed by atoms with Crippen LogP contribution in [0.25, 0.3) is 0 Å². The molecule has 0 bridgehead atoms. The fourth-order valence-corrected chi connectivity index (χ4v) is 5.12. The van der Waals surface area contributed by atoms with E-state index in [1.165, 1.54) is 11.8 Å². The summed E-state index contributed by atoms with van der Waals surface area (Å²) in [6, 6.07) is 10.1. The van der Waals surface area contributed by atoms with Crippen molar-refractivity contribution >= 4 is 23.6 Å². The van der Waals surface area contributed by atoms with E-state index >= 15 is 0 Å². The van der Waals surface area contributed by atoms with Gasteiger partial charge in [0, 0.05) is 24.4 Å². The van der Waals surface area contributed by atoms with E-state index in [4.69, 9.17) is 4.74 Å². The molecule has 154 valence electrons. The molecule has 7 heteroatoms. The summed E-state index contributed by atoms with van der Waals surface area (Å²) in [6.45, 7) is 4.17. The Hall–Kier alpha value is -2.46. The average molecular weight is 414 g/mol. The molecule has 0 aliphatic carbocycles. The lowest BCUT2D eigenvalue weighted by molar-refractivity contribution is -0.134. The van der Waals surface area contributed by atoms with Gasteiger partial charge in [-0.1, -0.05) is 23.9 Å². The van der Waals surface area contributed by atoms with Gasteiger partial charge >= 0.3 is 0 Å². The number of ether oxygens (including phenoxy) is 1. The molecule has 29 heavy (non-hydrogen) atoms. The zero-order chi connectivity index (χ0) is 21.0. The third kappa shape index (κ3) is 4.76. The van der Waals surface area contributed by atoms with E-state index < -0.39 is 0 Å². The first-order valence-corrected chi connectivity index (χ1v) is 10.9. The first-order valence-electron chi connectivity index (χ1n) is 9.96. The Morgan fingerprint density at radius 2 is 1.93 bits per heavy atom. The van der Waals surface area contributed by atoms with Crippen LogP contribution in [-0.2, 0) is 9.59 Å². The number of nitriles is 1. The highest BCUT2D eigenvalue weighted by Crippen LogP contribution is 2.36. The molecule has 2 aliphatic heterocycles. The van der Waals surface area contributed by atoms with Crippen LogP contribution in [0.4, 0.5) is 0 Å². The molecule has 0 aromatic heterocycles. The lowest BCUT2D eigenvalue weighted by Gasteiger charge is -2.39. The number of carbonyl (C=O) groups excluding carboxylic acids is 2. The van der Waals surface area contributed by atoms with Gasteiger partial charge in [0.2, 0.25) is 11.8 Å². The van der Waals surface area contributed by atoms with Crippen molar-refractivity contribution in [3.8, 4) is 11.8 Å². The Morgan fingerprint density at radius 1 is 1.28 bits per heavy atom. The highest BCUT2D eigenvalue weighted by Gasteiger charge is 2.32. The molecule has 1 aromatic carbocycles. The molecule has 3 atom stereocenters. The molecule has 0 radical (unpaired) electrons. The van der Waals surface area contributed by atoms with Crippen molar-refractivity contribution in [3.63, 3.8) is 0 Å². The average Bonchev–Trinajstić information content (AvgIpc) is 2.71. The Morgan fingerprint density at radius 3 is 2.52 bits per heavy atom. The second-order valence-electron chi connectivity index (χ2n) is 7.65. The summed E-state index contributed by atoms with van der Waals surface area (Å²) >= 11 is 1.25. The normalized spacial score (nSPS) is 24.7. The predicted molar refractivity (Wildman–Crippen MR) is 113 cm³/mol. The molecule has 0 spiro atoms. The lowest BCUT2D eigenvalue weighted by Crippen LogP contribution is -2.48. The second kappa shape index (κ2) is 9.36. The summed E-state index contributed by atoms with van der Waals surface area (Å²) in [6.07, 6.45) is 3.39. The maximum absolute atomic E-state index is 12.8. The smallest absolute Gasteiger partial charge is 0.233 e. The number of rotatable bonds is 5. The minimum Gasteiger partial charge on any atom is -0.497 e. The van der Waals surface area contributed by atoms with Crippen LogP contribution in [0.15, 0.2) is 34.9 Å². The summed E-state index contributed by atoms with van der Waals surface area (Å²) < 4.78 is 5.19. The number of nitrogens with one attached hydrogen (secondary N) is 1. The molecule has 1 aromatic rings. The number of carbonyl (C=O) groups is 2. The van der Waals surface area contributed by atoms with E-state index in [0.717, 1.165) is 30.6 Å². The van der Waals surface area contributed by atoms with Crippen molar-refractivity contribution in [2.24, 2.45) is 0 Å². The van der Waals surface area contributed by atoms with Crippen LogP contribution in [0, 0.1) is 11.3 Å². The van der Waals surface area contributed by atoms with E-state index in [-0.39, 0.29) is 42.0 Å². The number of hydrogen-bond donors (Lipinski definition) is 1. The molecule has 3 rings (SSSR count). The largest absolute Gasteiger partial charge is 0.497 e. The van der Waals surface area contributed by atoms with Gasteiger partial charge in [-0.2, -0.15) is 5.26 Å². The fraction of sp³-hybridized carbons (Fsp3) is 0.500. The number of hydrogen-bond acceptors (Lipinski definition) is 5.